The average molecular weight is 291 g/mol. The lowest BCUT2D eigenvalue weighted by Crippen LogP contribution is -2.29. The maximum Gasteiger partial charge on any atom is 0.0399 e. The second kappa shape index (κ2) is 9.06. The summed E-state index contributed by atoms with van der Waals surface area (Å²) in [4.78, 5) is 4.73. The number of benzene rings is 1. The lowest BCUT2D eigenvalue weighted by atomic mass is 10.00. The fourth-order valence-electron chi connectivity index (χ4n) is 2.64. The molecule has 0 aliphatic carbocycles. The van der Waals surface area contributed by atoms with E-state index in [1.54, 1.807) is 0 Å². The van der Waals surface area contributed by atoms with E-state index in [1.807, 2.05) is 0 Å². The lowest BCUT2D eigenvalue weighted by molar-refractivity contribution is 0.400. The van der Waals surface area contributed by atoms with E-state index in [1.165, 1.54) is 23.2 Å². The lowest BCUT2D eigenvalue weighted by Gasteiger charge is -2.27. The summed E-state index contributed by atoms with van der Waals surface area (Å²) in [7, 11) is 4.27. The second-order valence-electron chi connectivity index (χ2n) is 6.24. The molecular weight excluding hydrogens is 258 g/mol. The van der Waals surface area contributed by atoms with Crippen molar-refractivity contribution in [3.8, 4) is 0 Å². The molecule has 0 aliphatic rings. The molecule has 0 amide bonds. The summed E-state index contributed by atoms with van der Waals surface area (Å²) >= 11 is 0. The van der Waals surface area contributed by atoms with E-state index in [0.717, 1.165) is 32.5 Å². The van der Waals surface area contributed by atoms with Gasteiger partial charge in [-0.3, -0.25) is 0 Å². The highest BCUT2D eigenvalue weighted by Gasteiger charge is 2.12. The molecule has 1 aromatic rings. The van der Waals surface area contributed by atoms with Crippen LogP contribution in [0.25, 0.3) is 0 Å². The molecule has 3 nitrogen and oxygen atoms in total. The highest BCUT2D eigenvalue weighted by Crippen LogP contribution is 2.24. The minimum absolute atomic E-state index is 0.256. The molecule has 0 aliphatic heterocycles. The molecule has 0 heterocycles. The van der Waals surface area contributed by atoms with Crippen LogP contribution in [0.1, 0.15) is 37.8 Å². The van der Waals surface area contributed by atoms with Gasteiger partial charge in [-0.05, 0) is 65.4 Å². The van der Waals surface area contributed by atoms with Gasteiger partial charge < -0.3 is 15.5 Å². The molecule has 0 bridgehead atoms. The summed E-state index contributed by atoms with van der Waals surface area (Å²) < 4.78 is 0. The smallest absolute Gasteiger partial charge is 0.0399 e. The van der Waals surface area contributed by atoms with Gasteiger partial charge in [-0.25, -0.2) is 0 Å². The van der Waals surface area contributed by atoms with Crippen LogP contribution < -0.4 is 10.6 Å². The first-order valence-electron chi connectivity index (χ1n) is 8.22. The Labute approximate surface area is 131 Å². The third-order valence-electron chi connectivity index (χ3n) is 4.00. The van der Waals surface area contributed by atoms with Crippen molar-refractivity contribution in [1.29, 1.82) is 0 Å². The molecule has 1 atom stereocenters. The molecule has 0 saturated carbocycles. The van der Waals surface area contributed by atoms with Gasteiger partial charge in [-0.1, -0.05) is 24.6 Å². The maximum atomic E-state index is 6.18. The van der Waals surface area contributed by atoms with E-state index in [2.05, 4.69) is 62.9 Å². The second-order valence-corrected chi connectivity index (χ2v) is 6.24. The standard InChI is InChI=1S/C18H33N3/c1-6-17(19)14-16-13-15(3)9-10-18(16)21(7-2)12-8-11-20(4)5/h9-10,13,17H,6-8,11-12,14,19H2,1-5H3. The van der Waals surface area contributed by atoms with Crippen LogP contribution in [0.2, 0.25) is 0 Å². The van der Waals surface area contributed by atoms with E-state index in [9.17, 15) is 0 Å². The topological polar surface area (TPSA) is 32.5 Å². The van der Waals surface area contributed by atoms with Crippen LogP contribution in [-0.4, -0.2) is 44.7 Å². The first-order valence-corrected chi connectivity index (χ1v) is 8.22. The van der Waals surface area contributed by atoms with Crippen molar-refractivity contribution in [3.05, 3.63) is 29.3 Å². The number of nitrogens with two attached hydrogens (primary N) is 1. The average Bonchev–Trinajstić information content (AvgIpc) is 2.44. The zero-order chi connectivity index (χ0) is 15.8. The molecule has 0 radical (unpaired) electrons. The van der Waals surface area contributed by atoms with E-state index in [-0.39, 0.29) is 6.04 Å². The molecule has 1 aromatic carbocycles. The first kappa shape index (κ1) is 18.0. The summed E-state index contributed by atoms with van der Waals surface area (Å²) in [5.41, 5.74) is 10.3. The fraction of sp³-hybridized carbons (Fsp3) is 0.667. The van der Waals surface area contributed by atoms with Crippen LogP contribution in [0.15, 0.2) is 18.2 Å². The van der Waals surface area contributed by atoms with Crippen LogP contribution in [0, 0.1) is 6.92 Å². The van der Waals surface area contributed by atoms with Gasteiger partial charge in [0.15, 0.2) is 0 Å². The minimum atomic E-state index is 0.256. The predicted octanol–water partition coefficient (Wildman–Crippen LogP) is 3.05. The molecule has 3 heteroatoms. The van der Waals surface area contributed by atoms with E-state index < -0.39 is 0 Å². The van der Waals surface area contributed by atoms with Crippen molar-refractivity contribution in [3.63, 3.8) is 0 Å². The number of nitrogens with zero attached hydrogens (tertiary/aromatic N) is 2. The quantitative estimate of drug-likeness (QED) is 0.759. The Morgan fingerprint density at radius 3 is 2.43 bits per heavy atom. The Balaban J connectivity index is 2.86. The summed E-state index contributed by atoms with van der Waals surface area (Å²) in [6.07, 6.45) is 3.19. The predicted molar refractivity (Wildman–Crippen MR) is 94.2 cm³/mol. The van der Waals surface area contributed by atoms with Gasteiger partial charge in [-0.2, -0.15) is 0 Å². The molecular formula is C18H33N3. The van der Waals surface area contributed by atoms with Crippen LogP contribution in [-0.2, 0) is 6.42 Å². The molecule has 0 saturated heterocycles. The summed E-state index contributed by atoms with van der Waals surface area (Å²) in [6, 6.07) is 7.04. The van der Waals surface area contributed by atoms with Gasteiger partial charge in [0, 0.05) is 24.8 Å². The Kier molecular flexibility index (Phi) is 7.76. The van der Waals surface area contributed by atoms with Gasteiger partial charge in [0.05, 0.1) is 0 Å². The molecule has 120 valence electrons. The van der Waals surface area contributed by atoms with Crippen molar-refractivity contribution < 1.29 is 0 Å². The van der Waals surface area contributed by atoms with Gasteiger partial charge >= 0.3 is 0 Å². The Bertz CT molecular complexity index is 415. The number of rotatable bonds is 9. The summed E-state index contributed by atoms with van der Waals surface area (Å²) in [6.45, 7) is 9.84. The zero-order valence-corrected chi connectivity index (χ0v) is 14.5. The molecule has 21 heavy (non-hydrogen) atoms. The van der Waals surface area contributed by atoms with Gasteiger partial charge in [-0.15, -0.1) is 0 Å². The zero-order valence-electron chi connectivity index (χ0n) is 14.5. The molecule has 1 rings (SSSR count). The van der Waals surface area contributed by atoms with Gasteiger partial charge in [0.1, 0.15) is 0 Å². The molecule has 2 N–H and O–H groups in total. The Hall–Kier alpha value is -1.06. The number of hydrogen-bond donors (Lipinski definition) is 1. The molecule has 0 spiro atoms. The van der Waals surface area contributed by atoms with Gasteiger partial charge in [0.25, 0.3) is 0 Å². The third kappa shape index (κ3) is 6.06. The SMILES string of the molecule is CCC(N)Cc1cc(C)ccc1N(CC)CCCN(C)C. The van der Waals surface area contributed by atoms with Crippen molar-refractivity contribution in [2.45, 2.75) is 46.1 Å². The van der Waals surface area contributed by atoms with Crippen molar-refractivity contribution >= 4 is 5.69 Å². The number of hydrogen-bond acceptors (Lipinski definition) is 3. The molecule has 1 unspecified atom stereocenters. The Morgan fingerprint density at radius 1 is 1.14 bits per heavy atom. The number of anilines is 1. The first-order chi connectivity index (χ1) is 9.97. The van der Waals surface area contributed by atoms with E-state index in [4.69, 9.17) is 5.73 Å². The van der Waals surface area contributed by atoms with E-state index in [0.29, 0.717) is 0 Å². The van der Waals surface area contributed by atoms with Crippen molar-refractivity contribution in [2.75, 3.05) is 38.6 Å². The van der Waals surface area contributed by atoms with Crippen LogP contribution in [0.4, 0.5) is 5.69 Å². The largest absolute Gasteiger partial charge is 0.372 e. The highest BCUT2D eigenvalue weighted by molar-refractivity contribution is 5.55. The van der Waals surface area contributed by atoms with Gasteiger partial charge in [0.2, 0.25) is 0 Å². The fourth-order valence-corrected chi connectivity index (χ4v) is 2.64. The van der Waals surface area contributed by atoms with Crippen molar-refractivity contribution in [1.82, 2.24) is 4.90 Å². The minimum Gasteiger partial charge on any atom is -0.372 e. The maximum absolute atomic E-state index is 6.18. The monoisotopic (exact) mass is 291 g/mol. The third-order valence-corrected chi connectivity index (χ3v) is 4.00. The molecule has 0 aromatic heterocycles. The summed E-state index contributed by atoms with van der Waals surface area (Å²) in [5, 5.41) is 0. The van der Waals surface area contributed by atoms with Crippen LogP contribution in [0.5, 0.6) is 0 Å². The Morgan fingerprint density at radius 2 is 1.86 bits per heavy atom. The van der Waals surface area contributed by atoms with E-state index >= 15 is 0 Å². The number of aryl methyl sites for hydroxylation is 1. The van der Waals surface area contributed by atoms with Crippen molar-refractivity contribution in [2.24, 2.45) is 5.73 Å². The highest BCUT2D eigenvalue weighted by atomic mass is 15.1. The van der Waals surface area contributed by atoms with Crippen LogP contribution >= 0.6 is 0 Å². The molecule has 0 fully saturated rings. The van der Waals surface area contributed by atoms with Crippen LogP contribution in [0.3, 0.4) is 0 Å². The normalized spacial score (nSPS) is 12.7. The summed E-state index contributed by atoms with van der Waals surface area (Å²) in [5.74, 6) is 0.